The van der Waals surface area contributed by atoms with Gasteiger partial charge in [-0.3, -0.25) is 14.9 Å². The Morgan fingerprint density at radius 1 is 0.848 bits per heavy atom. The zero-order valence-electron chi connectivity index (χ0n) is 25.5. The van der Waals surface area contributed by atoms with Crippen LogP contribution in [0.5, 0.6) is 5.75 Å². The van der Waals surface area contributed by atoms with Crippen LogP contribution in [0, 0.1) is 0 Å². The molecule has 4 amide bonds. The number of ether oxygens (including phenoxy) is 1. The standard InChI is InChI=1S/C38H34BrN3O4/c1-2-19-46-34-14-13-27(39)20-26(34)21-33-36(43)40-38(45)42(37(33)44)28-22-31-29(24-9-5-3-6-10-24)15-17-41-18-16-30(32(23-28)35(31)41)25-11-7-4-8-12-25/h3-14,20-23,29-30H,2,15-19H2,1H3,(H,40,43,45)/b33-21+/t29-,30+. The average Bonchev–Trinajstić information content (AvgIpc) is 3.07. The van der Waals surface area contributed by atoms with Gasteiger partial charge >= 0.3 is 6.03 Å². The minimum Gasteiger partial charge on any atom is -0.493 e. The van der Waals surface area contributed by atoms with Gasteiger partial charge in [-0.25, -0.2) is 9.69 Å². The van der Waals surface area contributed by atoms with Crippen molar-refractivity contribution in [3.63, 3.8) is 0 Å². The molecule has 3 aliphatic heterocycles. The zero-order chi connectivity index (χ0) is 31.8. The van der Waals surface area contributed by atoms with Gasteiger partial charge in [0.05, 0.1) is 12.3 Å². The van der Waals surface area contributed by atoms with Crippen molar-refractivity contribution in [1.29, 1.82) is 0 Å². The summed E-state index contributed by atoms with van der Waals surface area (Å²) in [4.78, 5) is 44.5. The molecule has 0 aliphatic carbocycles. The average molecular weight is 677 g/mol. The summed E-state index contributed by atoms with van der Waals surface area (Å²) in [6.07, 6.45) is 4.16. The van der Waals surface area contributed by atoms with Crippen LogP contribution in [-0.2, 0) is 9.59 Å². The van der Waals surface area contributed by atoms with Crippen molar-refractivity contribution in [1.82, 2.24) is 5.32 Å². The highest BCUT2D eigenvalue weighted by molar-refractivity contribution is 9.10. The van der Waals surface area contributed by atoms with Crippen molar-refractivity contribution in [2.75, 3.05) is 29.5 Å². The van der Waals surface area contributed by atoms with Gasteiger partial charge in [0, 0.05) is 40.6 Å². The summed E-state index contributed by atoms with van der Waals surface area (Å²) in [6, 6.07) is 29.5. The first-order valence-electron chi connectivity index (χ1n) is 15.8. The fourth-order valence-electron chi connectivity index (χ4n) is 6.99. The first kappa shape index (κ1) is 30.0. The third-order valence-electron chi connectivity index (χ3n) is 9.09. The summed E-state index contributed by atoms with van der Waals surface area (Å²) < 4.78 is 6.68. The van der Waals surface area contributed by atoms with E-state index in [2.05, 4.69) is 74.7 Å². The lowest BCUT2D eigenvalue weighted by Crippen LogP contribution is -2.54. The number of rotatable bonds is 7. The Hall–Kier alpha value is -4.69. The highest BCUT2D eigenvalue weighted by Gasteiger charge is 2.40. The molecule has 2 atom stereocenters. The van der Waals surface area contributed by atoms with Crippen LogP contribution in [0.3, 0.4) is 0 Å². The van der Waals surface area contributed by atoms with Crippen molar-refractivity contribution in [2.45, 2.75) is 38.0 Å². The maximum absolute atomic E-state index is 14.2. The number of benzene rings is 4. The van der Waals surface area contributed by atoms with Gasteiger partial charge in [-0.1, -0.05) is 83.5 Å². The molecule has 7 nitrogen and oxygen atoms in total. The molecular weight excluding hydrogens is 642 g/mol. The van der Waals surface area contributed by atoms with E-state index in [0.29, 0.717) is 23.6 Å². The van der Waals surface area contributed by atoms with Gasteiger partial charge in [0.25, 0.3) is 11.8 Å². The molecular formula is C38H34BrN3O4. The van der Waals surface area contributed by atoms with Crippen LogP contribution in [0.15, 0.2) is 101 Å². The third kappa shape index (κ3) is 5.51. The van der Waals surface area contributed by atoms with E-state index in [0.717, 1.165) is 52.9 Å². The maximum Gasteiger partial charge on any atom is 0.335 e. The number of imide groups is 2. The summed E-state index contributed by atoms with van der Waals surface area (Å²) >= 11 is 3.49. The van der Waals surface area contributed by atoms with Crippen LogP contribution in [0.25, 0.3) is 6.08 Å². The number of halogens is 1. The summed E-state index contributed by atoms with van der Waals surface area (Å²) in [5.41, 5.74) is 6.66. The molecule has 3 aliphatic rings. The molecule has 3 heterocycles. The van der Waals surface area contributed by atoms with Gasteiger partial charge in [0.1, 0.15) is 11.3 Å². The topological polar surface area (TPSA) is 79.0 Å². The minimum absolute atomic E-state index is 0.0974. The van der Waals surface area contributed by atoms with E-state index in [-0.39, 0.29) is 17.4 Å². The number of nitrogens with one attached hydrogen (secondary N) is 1. The van der Waals surface area contributed by atoms with E-state index in [1.54, 1.807) is 12.1 Å². The van der Waals surface area contributed by atoms with Crippen LogP contribution in [0.4, 0.5) is 16.2 Å². The quantitative estimate of drug-likeness (QED) is 0.160. The second kappa shape index (κ2) is 12.6. The van der Waals surface area contributed by atoms with E-state index < -0.39 is 17.8 Å². The largest absolute Gasteiger partial charge is 0.493 e. The Balaban J connectivity index is 1.37. The molecule has 232 valence electrons. The van der Waals surface area contributed by atoms with Gasteiger partial charge in [-0.2, -0.15) is 0 Å². The molecule has 4 aromatic carbocycles. The van der Waals surface area contributed by atoms with Crippen LogP contribution < -0.4 is 19.9 Å². The van der Waals surface area contributed by atoms with Crippen LogP contribution in [0.2, 0.25) is 0 Å². The number of anilines is 2. The van der Waals surface area contributed by atoms with Crippen molar-refractivity contribution in [2.24, 2.45) is 0 Å². The van der Waals surface area contributed by atoms with Gasteiger partial charge < -0.3 is 9.64 Å². The number of barbiturate groups is 1. The van der Waals surface area contributed by atoms with Gasteiger partial charge in [0.15, 0.2) is 0 Å². The predicted octanol–water partition coefficient (Wildman–Crippen LogP) is 7.78. The molecule has 0 bridgehead atoms. The van der Waals surface area contributed by atoms with Crippen molar-refractivity contribution >= 4 is 51.2 Å². The van der Waals surface area contributed by atoms with E-state index in [4.69, 9.17) is 4.74 Å². The SMILES string of the molecule is CCCOc1ccc(Br)cc1/C=C1\C(=O)NC(=O)N(c2cc3c4c(c2)[C@H](c2ccccc2)CCN4CC[C@@H]3c2ccccc2)C1=O. The minimum atomic E-state index is -0.757. The molecule has 46 heavy (non-hydrogen) atoms. The van der Waals surface area contributed by atoms with Crippen molar-refractivity contribution in [3.05, 3.63) is 129 Å². The molecule has 7 rings (SSSR count). The summed E-state index contributed by atoms with van der Waals surface area (Å²) in [6.45, 7) is 4.36. The number of carbonyl (C=O) groups excluding carboxylic acids is 3. The molecule has 0 spiro atoms. The monoisotopic (exact) mass is 675 g/mol. The number of amides is 4. The predicted molar refractivity (Wildman–Crippen MR) is 183 cm³/mol. The van der Waals surface area contributed by atoms with Gasteiger partial charge in [-0.15, -0.1) is 0 Å². The molecule has 0 saturated carbocycles. The molecule has 1 fully saturated rings. The summed E-state index contributed by atoms with van der Waals surface area (Å²) in [5, 5.41) is 2.43. The Morgan fingerprint density at radius 3 is 2.04 bits per heavy atom. The van der Waals surface area contributed by atoms with E-state index in [1.165, 1.54) is 22.9 Å². The van der Waals surface area contributed by atoms with E-state index >= 15 is 0 Å². The number of hydrogen-bond acceptors (Lipinski definition) is 5. The molecule has 1 N–H and O–H groups in total. The first-order chi connectivity index (χ1) is 22.4. The van der Waals surface area contributed by atoms with Crippen LogP contribution in [-0.4, -0.2) is 37.5 Å². The van der Waals surface area contributed by atoms with Crippen molar-refractivity contribution in [3.8, 4) is 5.75 Å². The smallest absolute Gasteiger partial charge is 0.335 e. The van der Waals surface area contributed by atoms with Crippen LogP contribution in [0.1, 0.15) is 65.8 Å². The third-order valence-corrected chi connectivity index (χ3v) is 9.59. The Morgan fingerprint density at radius 2 is 1.46 bits per heavy atom. The Labute approximate surface area is 277 Å². The fraction of sp³-hybridized carbons (Fsp3) is 0.237. The molecule has 8 heteroatoms. The Kier molecular flexibility index (Phi) is 8.21. The van der Waals surface area contributed by atoms with E-state index in [1.807, 2.05) is 37.3 Å². The number of urea groups is 1. The Bertz CT molecular complexity index is 1780. The lowest BCUT2D eigenvalue weighted by Gasteiger charge is -2.44. The molecule has 0 unspecified atom stereocenters. The zero-order valence-corrected chi connectivity index (χ0v) is 27.1. The molecule has 1 saturated heterocycles. The summed E-state index contributed by atoms with van der Waals surface area (Å²) in [5.74, 6) is -0.655. The summed E-state index contributed by atoms with van der Waals surface area (Å²) in [7, 11) is 0. The maximum atomic E-state index is 14.2. The molecule has 0 aromatic heterocycles. The van der Waals surface area contributed by atoms with E-state index in [9.17, 15) is 14.4 Å². The number of nitrogens with zero attached hydrogens (tertiary/aromatic N) is 2. The van der Waals surface area contributed by atoms with Crippen molar-refractivity contribution < 1.29 is 19.1 Å². The second-order valence-corrected chi connectivity index (χ2v) is 12.9. The number of hydrogen-bond donors (Lipinski definition) is 1. The normalized spacial score (nSPS) is 20.0. The van der Waals surface area contributed by atoms with Crippen LogP contribution >= 0.6 is 15.9 Å². The van der Waals surface area contributed by atoms with Gasteiger partial charge in [-0.05, 0) is 77.9 Å². The lowest BCUT2D eigenvalue weighted by atomic mass is 9.76. The number of carbonyl (C=O) groups is 3. The van der Waals surface area contributed by atoms with Gasteiger partial charge in [0.2, 0.25) is 0 Å². The molecule has 4 aromatic rings. The highest BCUT2D eigenvalue weighted by Crippen LogP contribution is 2.50. The second-order valence-electron chi connectivity index (χ2n) is 12.0. The first-order valence-corrected chi connectivity index (χ1v) is 16.6. The highest BCUT2D eigenvalue weighted by atomic mass is 79.9. The molecule has 0 radical (unpaired) electrons. The fourth-order valence-corrected chi connectivity index (χ4v) is 7.37. The lowest BCUT2D eigenvalue weighted by molar-refractivity contribution is -0.122.